The molecule has 1 aliphatic carbocycles. The molecule has 0 N–H and O–H groups in total. The zero-order valence-electron chi connectivity index (χ0n) is 40.9. The van der Waals surface area contributed by atoms with E-state index in [1.54, 1.807) is 5.57 Å². The summed E-state index contributed by atoms with van der Waals surface area (Å²) in [6, 6.07) is 90.1. The standard InChI is InChI=1S/C69H64Si/c1-3-52(2)68-35-22-36-69(68)70(65-46-59(37-53-23-10-4-11-24-53)43-60(47-65)38-54-25-12-5-13-26-54,66-48-61(39-55-27-14-6-15-28-55)44-62(49-66)40-56-29-16-7-17-30-56)67-50-63(41-57-31-18-8-19-32-57)45-64(51-67)42-58-33-20-9-21-34-58/h4-36,43-52,69H,3,37-42H2,1-2H3. The fraction of sp³-hybridized carbons (Fsp3) is 0.159. The second-order valence-electron chi connectivity index (χ2n) is 19.7. The Labute approximate surface area is 418 Å². The van der Waals surface area contributed by atoms with Gasteiger partial charge in [0.1, 0.15) is 0 Å². The molecule has 0 nitrogen and oxygen atoms in total. The summed E-state index contributed by atoms with van der Waals surface area (Å²) in [5.74, 6) is 0.413. The van der Waals surface area contributed by atoms with Crippen molar-refractivity contribution in [3.05, 3.63) is 327 Å². The first-order valence-corrected chi connectivity index (χ1v) is 27.6. The van der Waals surface area contributed by atoms with E-state index in [2.05, 4.69) is 269 Å². The smallest absolute Gasteiger partial charge is 0.0790 e. The maximum Gasteiger partial charge on any atom is 0.159 e. The highest BCUT2D eigenvalue weighted by molar-refractivity contribution is 7.13. The quantitative estimate of drug-likeness (QED) is 0.0594. The van der Waals surface area contributed by atoms with Crippen LogP contribution in [0.25, 0.3) is 0 Å². The summed E-state index contributed by atoms with van der Waals surface area (Å²) in [4.78, 5) is 0. The van der Waals surface area contributed by atoms with Crippen molar-refractivity contribution in [1.82, 2.24) is 0 Å². The van der Waals surface area contributed by atoms with Gasteiger partial charge in [0, 0.05) is 5.54 Å². The Morgan fingerprint density at radius 1 is 0.329 bits per heavy atom. The van der Waals surface area contributed by atoms with Crippen LogP contribution in [0.5, 0.6) is 0 Å². The van der Waals surface area contributed by atoms with E-state index in [9.17, 15) is 0 Å². The van der Waals surface area contributed by atoms with Gasteiger partial charge in [0.25, 0.3) is 0 Å². The molecule has 0 spiro atoms. The molecule has 0 aliphatic heterocycles. The van der Waals surface area contributed by atoms with E-state index in [4.69, 9.17) is 0 Å². The van der Waals surface area contributed by atoms with E-state index in [0.29, 0.717) is 5.92 Å². The Morgan fingerprint density at radius 3 is 0.800 bits per heavy atom. The van der Waals surface area contributed by atoms with Gasteiger partial charge in [-0.1, -0.05) is 274 Å². The van der Waals surface area contributed by atoms with Crippen molar-refractivity contribution in [2.45, 2.75) is 64.3 Å². The van der Waals surface area contributed by atoms with Crippen molar-refractivity contribution in [1.29, 1.82) is 0 Å². The zero-order valence-corrected chi connectivity index (χ0v) is 41.9. The Morgan fingerprint density at radius 2 is 0.571 bits per heavy atom. The molecule has 344 valence electrons. The third-order valence-corrected chi connectivity index (χ3v) is 19.7. The Kier molecular flexibility index (Phi) is 14.6. The Balaban J connectivity index is 1.31. The topological polar surface area (TPSA) is 0 Å². The summed E-state index contributed by atoms with van der Waals surface area (Å²) in [5.41, 5.74) is 18.0. The van der Waals surface area contributed by atoms with Crippen LogP contribution in [0.1, 0.15) is 87.0 Å². The van der Waals surface area contributed by atoms with Gasteiger partial charge in [-0.25, -0.2) is 0 Å². The molecule has 0 amide bonds. The van der Waals surface area contributed by atoms with Crippen LogP contribution < -0.4 is 15.6 Å². The molecule has 70 heavy (non-hydrogen) atoms. The van der Waals surface area contributed by atoms with Crippen LogP contribution in [0, 0.1) is 5.92 Å². The van der Waals surface area contributed by atoms with Crippen LogP contribution in [0.3, 0.4) is 0 Å². The van der Waals surface area contributed by atoms with Crippen molar-refractivity contribution in [2.75, 3.05) is 0 Å². The number of allylic oxidation sites excluding steroid dienone is 4. The molecular weight excluding hydrogens is 857 g/mol. The number of hydrogen-bond donors (Lipinski definition) is 0. The van der Waals surface area contributed by atoms with Gasteiger partial charge in [-0.2, -0.15) is 0 Å². The highest BCUT2D eigenvalue weighted by Gasteiger charge is 2.49. The van der Waals surface area contributed by atoms with Gasteiger partial charge in [0.2, 0.25) is 0 Å². The van der Waals surface area contributed by atoms with Gasteiger partial charge < -0.3 is 0 Å². The average molecular weight is 921 g/mol. The SMILES string of the molecule is CCC(C)C1=CC=CC1[Si](c1cc(Cc2ccccc2)cc(Cc2ccccc2)c1)(c1cc(Cc2ccccc2)cc(Cc2ccccc2)c1)c1cc(Cc2ccccc2)cc(Cc2ccccc2)c1. The second kappa shape index (κ2) is 22.0. The molecule has 0 saturated heterocycles. The predicted molar refractivity (Wildman–Crippen MR) is 300 cm³/mol. The van der Waals surface area contributed by atoms with Gasteiger partial charge in [-0.15, -0.1) is 0 Å². The molecule has 0 saturated carbocycles. The van der Waals surface area contributed by atoms with Crippen molar-refractivity contribution >= 4 is 23.6 Å². The third kappa shape index (κ3) is 10.9. The molecule has 2 unspecified atom stereocenters. The van der Waals surface area contributed by atoms with Gasteiger partial charge in [-0.05, 0) is 133 Å². The van der Waals surface area contributed by atoms with Crippen LogP contribution >= 0.6 is 0 Å². The number of rotatable bonds is 18. The van der Waals surface area contributed by atoms with Crippen molar-refractivity contribution in [2.24, 2.45) is 5.92 Å². The lowest BCUT2D eigenvalue weighted by Crippen LogP contribution is -2.70. The fourth-order valence-corrected chi connectivity index (χ4v) is 17.0. The van der Waals surface area contributed by atoms with E-state index in [-0.39, 0.29) is 5.54 Å². The molecule has 1 aliphatic rings. The minimum Gasteiger partial charge on any atom is -0.0790 e. The van der Waals surface area contributed by atoms with Crippen LogP contribution in [0.4, 0.5) is 0 Å². The molecule has 10 rings (SSSR count). The zero-order chi connectivity index (χ0) is 47.5. The maximum absolute atomic E-state index is 3.18. The lowest BCUT2D eigenvalue weighted by molar-refractivity contribution is 0.643. The fourth-order valence-electron chi connectivity index (χ4n) is 11.2. The summed E-state index contributed by atoms with van der Waals surface area (Å²) in [7, 11) is -3.18. The number of hydrogen-bond acceptors (Lipinski definition) is 0. The largest absolute Gasteiger partial charge is 0.159 e. The minimum atomic E-state index is -3.18. The van der Waals surface area contributed by atoms with Gasteiger partial charge in [0.05, 0.1) is 0 Å². The molecule has 2 atom stereocenters. The van der Waals surface area contributed by atoms with Crippen LogP contribution in [-0.4, -0.2) is 8.07 Å². The van der Waals surface area contributed by atoms with E-state index < -0.39 is 8.07 Å². The first-order valence-electron chi connectivity index (χ1n) is 25.5. The van der Waals surface area contributed by atoms with Gasteiger partial charge >= 0.3 is 0 Å². The lowest BCUT2D eigenvalue weighted by atomic mass is 9.97. The molecule has 9 aromatic rings. The summed E-state index contributed by atoms with van der Waals surface area (Å²) < 4.78 is 0. The molecule has 0 bridgehead atoms. The first-order chi connectivity index (χ1) is 34.5. The molecule has 0 fully saturated rings. The third-order valence-electron chi connectivity index (χ3n) is 14.6. The van der Waals surface area contributed by atoms with Crippen LogP contribution in [-0.2, 0) is 38.5 Å². The van der Waals surface area contributed by atoms with E-state index in [1.165, 1.54) is 82.3 Å². The van der Waals surface area contributed by atoms with E-state index >= 15 is 0 Å². The highest BCUT2D eigenvalue weighted by Crippen LogP contribution is 2.41. The number of benzene rings is 9. The van der Waals surface area contributed by atoms with Crippen LogP contribution in [0.2, 0.25) is 5.54 Å². The summed E-state index contributed by atoms with van der Waals surface area (Å²) in [6.45, 7) is 4.84. The van der Waals surface area contributed by atoms with Crippen molar-refractivity contribution in [3.63, 3.8) is 0 Å². The lowest BCUT2D eigenvalue weighted by Gasteiger charge is -2.42. The monoisotopic (exact) mass is 920 g/mol. The van der Waals surface area contributed by atoms with Gasteiger partial charge in [-0.3, -0.25) is 0 Å². The highest BCUT2D eigenvalue weighted by atomic mass is 28.3. The molecule has 0 radical (unpaired) electrons. The molecule has 0 aromatic heterocycles. The van der Waals surface area contributed by atoms with Crippen molar-refractivity contribution in [3.8, 4) is 0 Å². The van der Waals surface area contributed by atoms with E-state index in [0.717, 1.165) is 44.9 Å². The second-order valence-corrected chi connectivity index (χ2v) is 23.7. The molecule has 0 heterocycles. The first kappa shape index (κ1) is 46.4. The maximum atomic E-state index is 2.66. The Bertz CT molecular complexity index is 2680. The van der Waals surface area contributed by atoms with Crippen molar-refractivity contribution < 1.29 is 0 Å². The van der Waals surface area contributed by atoms with E-state index in [1.807, 2.05) is 0 Å². The Hall–Kier alpha value is -7.32. The molecular formula is C69H64Si. The molecule has 1 heteroatoms. The van der Waals surface area contributed by atoms with Gasteiger partial charge in [0.15, 0.2) is 8.07 Å². The summed E-state index contributed by atoms with van der Waals surface area (Å²) >= 11 is 0. The summed E-state index contributed by atoms with van der Waals surface area (Å²) in [5, 5.41) is 4.47. The normalized spacial score (nSPS) is 13.8. The summed E-state index contributed by atoms with van der Waals surface area (Å²) in [6.07, 6.45) is 13.8. The average Bonchev–Trinajstić information content (AvgIpc) is 3.88. The van der Waals surface area contributed by atoms with Crippen LogP contribution in [0.15, 0.2) is 260 Å². The minimum absolute atomic E-state index is 0.187. The molecule has 9 aromatic carbocycles. The predicted octanol–water partition coefficient (Wildman–Crippen LogP) is 14.6.